The number of halogens is 1. The molecule has 7 heteroatoms. The van der Waals surface area contributed by atoms with Crippen molar-refractivity contribution in [2.75, 3.05) is 32.9 Å². The van der Waals surface area contributed by atoms with E-state index in [0.717, 1.165) is 0 Å². The van der Waals surface area contributed by atoms with Crippen molar-refractivity contribution < 1.29 is 8.42 Å². The van der Waals surface area contributed by atoms with Gasteiger partial charge in [-0.15, -0.1) is 0 Å². The second kappa shape index (κ2) is 5.52. The zero-order valence-electron chi connectivity index (χ0n) is 11.9. The number of sulfonamides is 1. The Bertz CT molecular complexity index is 583. The van der Waals surface area contributed by atoms with Gasteiger partial charge in [-0.3, -0.25) is 0 Å². The van der Waals surface area contributed by atoms with Gasteiger partial charge in [-0.05, 0) is 32.1 Å². The van der Waals surface area contributed by atoms with Crippen LogP contribution in [-0.4, -0.2) is 50.8 Å². The minimum absolute atomic E-state index is 0.0215. The topological polar surface area (TPSA) is 66.6 Å². The molecule has 2 N–H and O–H groups in total. The Kier molecular flexibility index (Phi) is 4.30. The predicted octanol–water partition coefficient (Wildman–Crippen LogP) is 1.49. The fourth-order valence-corrected chi connectivity index (χ4v) is 4.89. The van der Waals surface area contributed by atoms with Gasteiger partial charge in [0.15, 0.2) is 0 Å². The van der Waals surface area contributed by atoms with Gasteiger partial charge in [0.1, 0.15) is 4.90 Å². The Balaban J connectivity index is 2.38. The summed E-state index contributed by atoms with van der Waals surface area (Å²) in [5, 5.41) is 0.172. The zero-order valence-corrected chi connectivity index (χ0v) is 13.4. The van der Waals surface area contributed by atoms with Crippen LogP contribution in [0.25, 0.3) is 0 Å². The summed E-state index contributed by atoms with van der Waals surface area (Å²) >= 11 is 6.03. The minimum Gasteiger partial charge on any atom is -0.398 e. The summed E-state index contributed by atoms with van der Waals surface area (Å²) in [4.78, 5) is 2.07. The molecule has 1 aromatic carbocycles. The molecule has 112 valence electrons. The normalized spacial score (nSPS) is 24.4. The van der Waals surface area contributed by atoms with E-state index in [4.69, 9.17) is 17.3 Å². The maximum Gasteiger partial charge on any atom is 0.246 e. The summed E-state index contributed by atoms with van der Waals surface area (Å²) in [5.41, 5.74) is 6.00. The van der Waals surface area contributed by atoms with Crippen LogP contribution in [0.15, 0.2) is 23.1 Å². The molecule has 2 unspecified atom stereocenters. The third-order valence-electron chi connectivity index (χ3n) is 3.80. The summed E-state index contributed by atoms with van der Waals surface area (Å²) in [6, 6.07) is 4.95. The number of anilines is 1. The Hall–Kier alpha value is -0.820. The van der Waals surface area contributed by atoms with Crippen LogP contribution in [0.2, 0.25) is 5.02 Å². The van der Waals surface area contributed by atoms with E-state index in [2.05, 4.69) is 11.8 Å². The number of nitrogens with two attached hydrogens (primary N) is 1. The quantitative estimate of drug-likeness (QED) is 0.858. The lowest BCUT2D eigenvalue weighted by Gasteiger charge is -2.22. The molecule has 0 saturated carbocycles. The predicted molar refractivity (Wildman–Crippen MR) is 81.3 cm³/mol. The highest BCUT2D eigenvalue weighted by Crippen LogP contribution is 2.33. The Morgan fingerprint density at radius 3 is 2.50 bits per heavy atom. The third-order valence-corrected chi connectivity index (χ3v) is 6.17. The van der Waals surface area contributed by atoms with E-state index in [1.807, 2.05) is 14.1 Å². The number of nitrogens with zero attached hydrogens (tertiary/aromatic N) is 2. The summed E-state index contributed by atoms with van der Waals surface area (Å²) in [6.45, 7) is 2.99. The molecule has 1 fully saturated rings. The molecular weight excluding hydrogens is 298 g/mol. The van der Waals surface area contributed by atoms with Gasteiger partial charge >= 0.3 is 0 Å². The highest BCUT2D eigenvalue weighted by Gasteiger charge is 2.39. The Labute approximate surface area is 125 Å². The number of rotatable bonds is 3. The second-order valence-electron chi connectivity index (χ2n) is 5.49. The summed E-state index contributed by atoms with van der Waals surface area (Å²) < 4.78 is 26.9. The average Bonchev–Trinajstić information content (AvgIpc) is 2.71. The Morgan fingerprint density at radius 1 is 1.35 bits per heavy atom. The van der Waals surface area contributed by atoms with Gasteiger partial charge in [-0.25, -0.2) is 8.42 Å². The van der Waals surface area contributed by atoms with Crippen molar-refractivity contribution >= 4 is 27.3 Å². The summed E-state index contributed by atoms with van der Waals surface area (Å²) in [7, 11) is 0.269. The maximum atomic E-state index is 12.7. The Morgan fingerprint density at radius 2 is 2.00 bits per heavy atom. The van der Waals surface area contributed by atoms with Crippen molar-refractivity contribution in [3.63, 3.8) is 0 Å². The molecule has 0 aromatic heterocycles. The molecule has 0 aliphatic carbocycles. The number of likely N-dealkylation sites (N-methyl/N-ethyl adjacent to an activating group) is 1. The van der Waals surface area contributed by atoms with Crippen molar-refractivity contribution in [3.8, 4) is 0 Å². The molecule has 1 heterocycles. The lowest BCUT2D eigenvalue weighted by atomic mass is 10.1. The third kappa shape index (κ3) is 2.65. The lowest BCUT2D eigenvalue weighted by Crippen LogP contribution is -2.36. The molecule has 2 atom stereocenters. The van der Waals surface area contributed by atoms with Crippen LogP contribution in [0.5, 0.6) is 0 Å². The van der Waals surface area contributed by atoms with Crippen LogP contribution >= 0.6 is 11.6 Å². The van der Waals surface area contributed by atoms with E-state index in [1.165, 1.54) is 4.31 Å². The average molecular weight is 318 g/mol. The standard InChI is InChI=1S/C13H20ClN3O2S/c1-9-7-17(8-12(9)16(2)3)20(18,19)13-10(14)5-4-6-11(13)15/h4-6,9,12H,7-8,15H2,1-3H3. The van der Waals surface area contributed by atoms with Crippen molar-refractivity contribution in [2.45, 2.75) is 17.9 Å². The molecule has 5 nitrogen and oxygen atoms in total. The molecule has 2 rings (SSSR count). The maximum absolute atomic E-state index is 12.7. The molecule has 1 aromatic rings. The molecule has 0 spiro atoms. The van der Waals surface area contributed by atoms with Crippen LogP contribution in [-0.2, 0) is 10.0 Å². The first-order chi connectivity index (χ1) is 9.25. The van der Waals surface area contributed by atoms with Crippen LogP contribution in [0.3, 0.4) is 0 Å². The zero-order chi connectivity index (χ0) is 15.1. The first-order valence-corrected chi connectivity index (χ1v) is 8.27. The van der Waals surface area contributed by atoms with Gasteiger partial charge in [0.2, 0.25) is 10.0 Å². The van der Waals surface area contributed by atoms with Crippen LogP contribution < -0.4 is 5.73 Å². The SMILES string of the molecule is CC1CN(S(=O)(=O)c2c(N)cccc2Cl)CC1N(C)C. The summed E-state index contributed by atoms with van der Waals surface area (Å²) in [5.74, 6) is 0.267. The van der Waals surface area contributed by atoms with Crippen molar-refractivity contribution in [3.05, 3.63) is 23.2 Å². The van der Waals surface area contributed by atoms with E-state index in [-0.39, 0.29) is 27.6 Å². The van der Waals surface area contributed by atoms with Gasteiger partial charge in [-0.1, -0.05) is 24.6 Å². The van der Waals surface area contributed by atoms with Gasteiger partial charge in [-0.2, -0.15) is 4.31 Å². The van der Waals surface area contributed by atoms with Gasteiger partial charge in [0.25, 0.3) is 0 Å². The van der Waals surface area contributed by atoms with Gasteiger partial charge in [0.05, 0.1) is 10.7 Å². The molecule has 0 bridgehead atoms. The fraction of sp³-hybridized carbons (Fsp3) is 0.538. The molecular formula is C13H20ClN3O2S. The highest BCUT2D eigenvalue weighted by atomic mass is 35.5. The molecule has 1 aliphatic heterocycles. The molecule has 0 amide bonds. The number of hydrogen-bond acceptors (Lipinski definition) is 4. The molecule has 20 heavy (non-hydrogen) atoms. The first kappa shape index (κ1) is 15.6. The lowest BCUT2D eigenvalue weighted by molar-refractivity contribution is 0.263. The van der Waals surface area contributed by atoms with E-state index in [9.17, 15) is 8.42 Å². The van der Waals surface area contributed by atoms with E-state index >= 15 is 0 Å². The van der Waals surface area contributed by atoms with E-state index in [1.54, 1.807) is 18.2 Å². The largest absolute Gasteiger partial charge is 0.398 e. The number of benzene rings is 1. The minimum atomic E-state index is -3.65. The fourth-order valence-electron chi connectivity index (χ4n) is 2.70. The van der Waals surface area contributed by atoms with Crippen molar-refractivity contribution in [1.29, 1.82) is 0 Å². The highest BCUT2D eigenvalue weighted by molar-refractivity contribution is 7.89. The molecule has 1 saturated heterocycles. The smallest absolute Gasteiger partial charge is 0.246 e. The monoisotopic (exact) mass is 317 g/mol. The van der Waals surface area contributed by atoms with Gasteiger partial charge < -0.3 is 10.6 Å². The molecule has 1 aliphatic rings. The van der Waals surface area contributed by atoms with Crippen molar-refractivity contribution in [1.82, 2.24) is 9.21 Å². The van der Waals surface area contributed by atoms with E-state index in [0.29, 0.717) is 13.1 Å². The number of nitrogen functional groups attached to an aromatic ring is 1. The first-order valence-electron chi connectivity index (χ1n) is 6.45. The van der Waals surface area contributed by atoms with E-state index < -0.39 is 10.0 Å². The second-order valence-corrected chi connectivity index (χ2v) is 7.77. The molecule has 0 radical (unpaired) electrons. The van der Waals surface area contributed by atoms with Crippen LogP contribution in [0, 0.1) is 5.92 Å². The van der Waals surface area contributed by atoms with Gasteiger partial charge in [0, 0.05) is 19.1 Å². The van der Waals surface area contributed by atoms with Crippen LogP contribution in [0.1, 0.15) is 6.92 Å². The summed E-state index contributed by atoms with van der Waals surface area (Å²) in [6.07, 6.45) is 0. The van der Waals surface area contributed by atoms with Crippen molar-refractivity contribution in [2.24, 2.45) is 5.92 Å². The van der Waals surface area contributed by atoms with Crippen LogP contribution in [0.4, 0.5) is 5.69 Å². The number of hydrogen-bond donors (Lipinski definition) is 1.